The van der Waals surface area contributed by atoms with Gasteiger partial charge in [0.25, 0.3) is 0 Å². The van der Waals surface area contributed by atoms with Gasteiger partial charge in [0.05, 0.1) is 14.2 Å². The standard InChI is InChI=1S/C9H14O2/c1-7-4-5-8(10-2)9(6-7)11-3/h4H,5-6H2,1-3H3. The van der Waals surface area contributed by atoms with E-state index in [-0.39, 0.29) is 0 Å². The van der Waals surface area contributed by atoms with Crippen molar-refractivity contribution in [3.63, 3.8) is 0 Å². The molecule has 1 aliphatic rings. The summed E-state index contributed by atoms with van der Waals surface area (Å²) in [5, 5.41) is 0. The van der Waals surface area contributed by atoms with Crippen LogP contribution in [0, 0.1) is 0 Å². The Morgan fingerprint density at radius 3 is 2.36 bits per heavy atom. The summed E-state index contributed by atoms with van der Waals surface area (Å²) < 4.78 is 10.3. The van der Waals surface area contributed by atoms with E-state index in [0.29, 0.717) is 0 Å². The fourth-order valence-corrected chi connectivity index (χ4v) is 1.19. The van der Waals surface area contributed by atoms with Gasteiger partial charge < -0.3 is 9.47 Å². The number of rotatable bonds is 2. The first-order valence-electron chi connectivity index (χ1n) is 3.73. The maximum absolute atomic E-state index is 5.18. The number of methoxy groups -OCH3 is 2. The summed E-state index contributed by atoms with van der Waals surface area (Å²) in [6, 6.07) is 0. The molecule has 0 N–H and O–H groups in total. The molecule has 11 heavy (non-hydrogen) atoms. The minimum absolute atomic E-state index is 0.867. The van der Waals surface area contributed by atoms with E-state index in [1.165, 1.54) is 5.57 Å². The summed E-state index contributed by atoms with van der Waals surface area (Å²) >= 11 is 0. The molecular formula is C9H14O2. The summed E-state index contributed by atoms with van der Waals surface area (Å²) in [5.74, 6) is 1.92. The fraction of sp³-hybridized carbons (Fsp3) is 0.556. The molecule has 2 nitrogen and oxygen atoms in total. The van der Waals surface area contributed by atoms with Gasteiger partial charge in [0.1, 0.15) is 11.5 Å². The van der Waals surface area contributed by atoms with Crippen molar-refractivity contribution in [2.45, 2.75) is 19.8 Å². The Hall–Kier alpha value is -0.920. The first kappa shape index (κ1) is 8.18. The van der Waals surface area contributed by atoms with Gasteiger partial charge in [0.15, 0.2) is 0 Å². The average Bonchev–Trinajstić information content (AvgIpc) is 2.04. The first-order chi connectivity index (χ1) is 5.27. The van der Waals surface area contributed by atoms with Gasteiger partial charge in [-0.05, 0) is 6.92 Å². The maximum atomic E-state index is 5.18. The molecule has 0 fully saturated rings. The molecule has 0 heterocycles. The Kier molecular flexibility index (Phi) is 2.58. The second-order valence-corrected chi connectivity index (χ2v) is 2.69. The van der Waals surface area contributed by atoms with Crippen molar-refractivity contribution in [1.82, 2.24) is 0 Å². The van der Waals surface area contributed by atoms with Gasteiger partial charge in [-0.3, -0.25) is 0 Å². The molecule has 0 aliphatic heterocycles. The molecule has 0 aromatic rings. The van der Waals surface area contributed by atoms with E-state index < -0.39 is 0 Å². The molecule has 0 atom stereocenters. The van der Waals surface area contributed by atoms with Crippen LogP contribution in [0.25, 0.3) is 0 Å². The van der Waals surface area contributed by atoms with Gasteiger partial charge in [-0.15, -0.1) is 0 Å². The van der Waals surface area contributed by atoms with E-state index in [2.05, 4.69) is 13.0 Å². The second kappa shape index (κ2) is 3.46. The van der Waals surface area contributed by atoms with Crippen LogP contribution in [0.4, 0.5) is 0 Å². The SMILES string of the molecule is COC1=C(OC)CC(C)=CC1. The topological polar surface area (TPSA) is 18.5 Å². The summed E-state index contributed by atoms with van der Waals surface area (Å²) in [5.41, 5.74) is 1.35. The Morgan fingerprint density at radius 1 is 1.18 bits per heavy atom. The van der Waals surface area contributed by atoms with Crippen molar-refractivity contribution in [1.29, 1.82) is 0 Å². The van der Waals surface area contributed by atoms with Crippen molar-refractivity contribution < 1.29 is 9.47 Å². The van der Waals surface area contributed by atoms with Crippen molar-refractivity contribution >= 4 is 0 Å². The van der Waals surface area contributed by atoms with Crippen molar-refractivity contribution in [2.24, 2.45) is 0 Å². The molecule has 0 saturated carbocycles. The van der Waals surface area contributed by atoms with Crippen molar-refractivity contribution in [2.75, 3.05) is 14.2 Å². The van der Waals surface area contributed by atoms with Crippen LogP contribution in [0.2, 0.25) is 0 Å². The van der Waals surface area contributed by atoms with Crippen LogP contribution in [-0.2, 0) is 9.47 Å². The molecule has 0 spiro atoms. The highest BCUT2D eigenvalue weighted by Crippen LogP contribution is 2.24. The molecule has 1 aliphatic carbocycles. The molecule has 62 valence electrons. The van der Waals surface area contributed by atoms with Gasteiger partial charge in [-0.2, -0.15) is 0 Å². The van der Waals surface area contributed by atoms with Crippen molar-refractivity contribution in [3.8, 4) is 0 Å². The van der Waals surface area contributed by atoms with Crippen LogP contribution in [0.3, 0.4) is 0 Å². The Morgan fingerprint density at radius 2 is 1.82 bits per heavy atom. The summed E-state index contributed by atoms with van der Waals surface area (Å²) in [6.07, 6.45) is 3.92. The Bertz CT molecular complexity index is 202. The number of ether oxygens (including phenoxy) is 2. The van der Waals surface area contributed by atoms with E-state index in [1.807, 2.05) is 0 Å². The molecule has 2 heteroatoms. The normalized spacial score (nSPS) is 17.9. The molecule has 0 amide bonds. The molecule has 0 radical (unpaired) electrons. The fourth-order valence-electron chi connectivity index (χ4n) is 1.19. The zero-order chi connectivity index (χ0) is 8.27. The van der Waals surface area contributed by atoms with E-state index in [1.54, 1.807) is 14.2 Å². The molecule has 0 bridgehead atoms. The first-order valence-corrected chi connectivity index (χ1v) is 3.73. The number of allylic oxidation sites excluding steroid dienone is 2. The molecular weight excluding hydrogens is 140 g/mol. The van der Waals surface area contributed by atoms with Crippen LogP contribution in [0.5, 0.6) is 0 Å². The lowest BCUT2D eigenvalue weighted by molar-refractivity contribution is 0.208. The minimum atomic E-state index is 0.867. The van der Waals surface area contributed by atoms with Gasteiger partial charge in [0.2, 0.25) is 0 Å². The third-order valence-corrected chi connectivity index (χ3v) is 1.88. The summed E-state index contributed by atoms with van der Waals surface area (Å²) in [4.78, 5) is 0. The van der Waals surface area contributed by atoms with Gasteiger partial charge in [-0.1, -0.05) is 11.6 Å². The van der Waals surface area contributed by atoms with Crippen LogP contribution < -0.4 is 0 Å². The third-order valence-electron chi connectivity index (χ3n) is 1.88. The quantitative estimate of drug-likeness (QED) is 0.568. The molecule has 0 aromatic carbocycles. The van der Waals surface area contributed by atoms with Crippen LogP contribution >= 0.6 is 0 Å². The third kappa shape index (κ3) is 1.76. The van der Waals surface area contributed by atoms with Gasteiger partial charge >= 0.3 is 0 Å². The van der Waals surface area contributed by atoms with Crippen LogP contribution in [0.15, 0.2) is 23.2 Å². The van der Waals surface area contributed by atoms with Gasteiger partial charge in [-0.25, -0.2) is 0 Å². The molecule has 0 aromatic heterocycles. The predicted molar refractivity (Wildman–Crippen MR) is 44.0 cm³/mol. The zero-order valence-corrected chi connectivity index (χ0v) is 7.31. The largest absolute Gasteiger partial charge is 0.497 e. The van der Waals surface area contributed by atoms with Gasteiger partial charge in [0, 0.05) is 12.8 Å². The van der Waals surface area contributed by atoms with E-state index in [0.717, 1.165) is 24.4 Å². The lowest BCUT2D eigenvalue weighted by Crippen LogP contribution is -2.02. The Balaban J connectivity index is 2.71. The van der Waals surface area contributed by atoms with E-state index in [9.17, 15) is 0 Å². The summed E-state index contributed by atoms with van der Waals surface area (Å²) in [6.45, 7) is 2.10. The highest BCUT2D eigenvalue weighted by Gasteiger charge is 2.12. The highest BCUT2D eigenvalue weighted by atomic mass is 16.5. The predicted octanol–water partition coefficient (Wildman–Crippen LogP) is 2.23. The van der Waals surface area contributed by atoms with E-state index >= 15 is 0 Å². The van der Waals surface area contributed by atoms with Crippen LogP contribution in [-0.4, -0.2) is 14.2 Å². The monoisotopic (exact) mass is 154 g/mol. The minimum Gasteiger partial charge on any atom is -0.497 e. The Labute approximate surface area is 67.5 Å². The zero-order valence-electron chi connectivity index (χ0n) is 7.31. The molecule has 1 rings (SSSR count). The number of hydrogen-bond acceptors (Lipinski definition) is 2. The lowest BCUT2D eigenvalue weighted by Gasteiger charge is -2.16. The van der Waals surface area contributed by atoms with E-state index in [4.69, 9.17) is 9.47 Å². The molecule has 0 saturated heterocycles. The highest BCUT2D eigenvalue weighted by molar-refractivity contribution is 5.21. The lowest BCUT2D eigenvalue weighted by atomic mass is 10.0. The average molecular weight is 154 g/mol. The smallest absolute Gasteiger partial charge is 0.137 e. The number of hydrogen-bond donors (Lipinski definition) is 0. The summed E-state index contributed by atoms with van der Waals surface area (Å²) in [7, 11) is 3.37. The second-order valence-electron chi connectivity index (χ2n) is 2.69. The maximum Gasteiger partial charge on any atom is 0.137 e. The van der Waals surface area contributed by atoms with Crippen molar-refractivity contribution in [3.05, 3.63) is 23.2 Å². The molecule has 0 unspecified atom stereocenters. The van der Waals surface area contributed by atoms with Crippen LogP contribution in [0.1, 0.15) is 19.8 Å².